The molecule has 0 fully saturated rings. The highest BCUT2D eigenvalue weighted by molar-refractivity contribution is 14.0. The lowest BCUT2D eigenvalue weighted by Gasteiger charge is -2.17. The summed E-state index contributed by atoms with van der Waals surface area (Å²) in [5, 5.41) is 6.74. The van der Waals surface area contributed by atoms with E-state index < -0.39 is 0 Å². The van der Waals surface area contributed by atoms with Gasteiger partial charge in [-0.15, -0.1) is 24.0 Å². The van der Waals surface area contributed by atoms with Crippen LogP contribution in [0, 0.1) is 5.92 Å². The zero-order valence-corrected chi connectivity index (χ0v) is 16.7. The lowest BCUT2D eigenvalue weighted by Crippen LogP contribution is -2.39. The first-order chi connectivity index (χ1) is 10.1. The van der Waals surface area contributed by atoms with Gasteiger partial charge in [0, 0.05) is 40.4 Å². The van der Waals surface area contributed by atoms with Crippen LogP contribution >= 0.6 is 24.0 Å². The lowest BCUT2D eigenvalue weighted by atomic mass is 10.0. The van der Waals surface area contributed by atoms with Crippen molar-refractivity contribution in [2.75, 3.05) is 32.6 Å². The van der Waals surface area contributed by atoms with E-state index in [-0.39, 0.29) is 24.0 Å². The third-order valence-corrected chi connectivity index (χ3v) is 3.66. The van der Waals surface area contributed by atoms with Gasteiger partial charge in [-0.1, -0.05) is 26.7 Å². The molecular formula is C16H30IN5. The molecule has 1 aromatic rings. The van der Waals surface area contributed by atoms with E-state index >= 15 is 0 Å². The van der Waals surface area contributed by atoms with Crippen molar-refractivity contribution in [1.82, 2.24) is 15.6 Å². The fourth-order valence-electron chi connectivity index (χ4n) is 2.04. The van der Waals surface area contributed by atoms with Crippen molar-refractivity contribution in [2.24, 2.45) is 10.9 Å². The van der Waals surface area contributed by atoms with Gasteiger partial charge in [0.2, 0.25) is 0 Å². The van der Waals surface area contributed by atoms with Crippen LogP contribution in [-0.2, 0) is 6.54 Å². The molecule has 0 atom stereocenters. The SMILES string of the molecule is CCC(CC)CNC(=NC)NCc1ccnc(N(C)C)c1.I. The summed E-state index contributed by atoms with van der Waals surface area (Å²) in [7, 11) is 5.80. The zero-order valence-electron chi connectivity index (χ0n) is 14.4. The molecule has 5 nitrogen and oxygen atoms in total. The van der Waals surface area contributed by atoms with Gasteiger partial charge in [0.1, 0.15) is 5.82 Å². The summed E-state index contributed by atoms with van der Waals surface area (Å²) in [6, 6.07) is 4.11. The highest BCUT2D eigenvalue weighted by Crippen LogP contribution is 2.09. The average molecular weight is 419 g/mol. The molecule has 1 heterocycles. The van der Waals surface area contributed by atoms with Gasteiger partial charge in [-0.2, -0.15) is 0 Å². The van der Waals surface area contributed by atoms with Crippen LogP contribution in [0.3, 0.4) is 0 Å². The average Bonchev–Trinajstić information content (AvgIpc) is 2.51. The Labute approximate surface area is 152 Å². The first-order valence-corrected chi connectivity index (χ1v) is 7.67. The first kappa shape index (κ1) is 20.9. The minimum Gasteiger partial charge on any atom is -0.363 e. The van der Waals surface area contributed by atoms with E-state index in [4.69, 9.17) is 0 Å². The van der Waals surface area contributed by atoms with E-state index in [1.807, 2.05) is 31.3 Å². The van der Waals surface area contributed by atoms with Crippen LogP contribution in [0.15, 0.2) is 23.3 Å². The largest absolute Gasteiger partial charge is 0.363 e. The summed E-state index contributed by atoms with van der Waals surface area (Å²) in [5.41, 5.74) is 1.19. The van der Waals surface area contributed by atoms with Crippen LogP contribution in [0.4, 0.5) is 5.82 Å². The van der Waals surface area contributed by atoms with Crippen molar-refractivity contribution in [2.45, 2.75) is 33.2 Å². The second-order valence-electron chi connectivity index (χ2n) is 5.41. The molecule has 1 aromatic heterocycles. The van der Waals surface area contributed by atoms with E-state index in [9.17, 15) is 0 Å². The number of aliphatic imine (C=N–C) groups is 1. The minimum absolute atomic E-state index is 0. The van der Waals surface area contributed by atoms with Gasteiger partial charge in [0.25, 0.3) is 0 Å². The Balaban J connectivity index is 0.00000441. The summed E-state index contributed by atoms with van der Waals surface area (Å²) < 4.78 is 0. The molecule has 2 N–H and O–H groups in total. The third kappa shape index (κ3) is 7.29. The van der Waals surface area contributed by atoms with Gasteiger partial charge in [-0.05, 0) is 23.6 Å². The highest BCUT2D eigenvalue weighted by Gasteiger charge is 2.05. The number of anilines is 1. The van der Waals surface area contributed by atoms with Crippen molar-refractivity contribution in [3.8, 4) is 0 Å². The van der Waals surface area contributed by atoms with E-state index in [2.05, 4.69) is 40.5 Å². The maximum absolute atomic E-state index is 4.32. The molecule has 0 spiro atoms. The fraction of sp³-hybridized carbons (Fsp3) is 0.625. The van der Waals surface area contributed by atoms with Gasteiger partial charge in [0.05, 0.1) is 0 Å². The standard InChI is InChI=1S/C16H29N5.HI/c1-6-13(7-2)11-19-16(17-3)20-12-14-8-9-18-15(10-14)21(4)5;/h8-10,13H,6-7,11-12H2,1-5H3,(H2,17,19,20);1H. The van der Waals surface area contributed by atoms with Gasteiger partial charge in [-0.3, -0.25) is 4.99 Å². The van der Waals surface area contributed by atoms with Crippen LogP contribution in [-0.4, -0.2) is 38.6 Å². The lowest BCUT2D eigenvalue weighted by molar-refractivity contribution is 0.481. The van der Waals surface area contributed by atoms with Crippen LogP contribution in [0.2, 0.25) is 0 Å². The normalized spacial score (nSPS) is 11.1. The molecule has 1 rings (SSSR count). The van der Waals surface area contributed by atoms with Crippen LogP contribution in [0.5, 0.6) is 0 Å². The van der Waals surface area contributed by atoms with Crippen molar-refractivity contribution in [3.05, 3.63) is 23.9 Å². The van der Waals surface area contributed by atoms with Crippen molar-refractivity contribution >= 4 is 35.8 Å². The number of aromatic nitrogens is 1. The Kier molecular flexibility index (Phi) is 11.0. The molecule has 0 bridgehead atoms. The Morgan fingerprint density at radius 2 is 1.95 bits per heavy atom. The molecule has 0 aliphatic rings. The number of hydrogen-bond donors (Lipinski definition) is 2. The summed E-state index contributed by atoms with van der Waals surface area (Å²) in [6.07, 6.45) is 4.22. The summed E-state index contributed by atoms with van der Waals surface area (Å²) in [5.74, 6) is 2.52. The minimum atomic E-state index is 0. The molecule has 0 aliphatic heterocycles. The molecule has 0 aliphatic carbocycles. The number of guanidine groups is 1. The van der Waals surface area contributed by atoms with Gasteiger partial charge >= 0.3 is 0 Å². The number of nitrogens with one attached hydrogen (secondary N) is 2. The number of halogens is 1. The molecule has 0 unspecified atom stereocenters. The predicted molar refractivity (Wildman–Crippen MR) is 106 cm³/mol. The van der Waals surface area contributed by atoms with Gasteiger partial charge in [-0.25, -0.2) is 4.98 Å². The quantitative estimate of drug-likeness (QED) is 0.406. The predicted octanol–water partition coefficient (Wildman–Crippen LogP) is 2.87. The van der Waals surface area contributed by atoms with Crippen molar-refractivity contribution in [3.63, 3.8) is 0 Å². The van der Waals surface area contributed by atoms with Crippen LogP contribution in [0.1, 0.15) is 32.3 Å². The second-order valence-corrected chi connectivity index (χ2v) is 5.41. The van der Waals surface area contributed by atoms with E-state index in [0.717, 1.165) is 24.9 Å². The van der Waals surface area contributed by atoms with E-state index in [1.165, 1.54) is 18.4 Å². The van der Waals surface area contributed by atoms with Crippen LogP contribution in [0.25, 0.3) is 0 Å². The van der Waals surface area contributed by atoms with Crippen molar-refractivity contribution in [1.29, 1.82) is 0 Å². The molecular weight excluding hydrogens is 389 g/mol. The molecule has 0 saturated carbocycles. The molecule has 126 valence electrons. The Bertz CT molecular complexity index is 444. The summed E-state index contributed by atoms with van der Waals surface area (Å²) in [4.78, 5) is 10.6. The van der Waals surface area contributed by atoms with E-state index in [1.54, 1.807) is 7.05 Å². The fourth-order valence-corrected chi connectivity index (χ4v) is 2.04. The molecule has 0 radical (unpaired) electrons. The molecule has 0 saturated heterocycles. The van der Waals surface area contributed by atoms with Gasteiger partial charge in [0.15, 0.2) is 5.96 Å². The molecule has 0 aromatic carbocycles. The zero-order chi connectivity index (χ0) is 15.7. The Morgan fingerprint density at radius 1 is 1.27 bits per heavy atom. The number of hydrogen-bond acceptors (Lipinski definition) is 3. The van der Waals surface area contributed by atoms with Gasteiger partial charge < -0.3 is 15.5 Å². The first-order valence-electron chi connectivity index (χ1n) is 7.67. The van der Waals surface area contributed by atoms with Crippen molar-refractivity contribution < 1.29 is 0 Å². The maximum atomic E-state index is 4.32. The Morgan fingerprint density at radius 3 is 2.50 bits per heavy atom. The van der Waals surface area contributed by atoms with E-state index in [0.29, 0.717) is 5.92 Å². The summed E-state index contributed by atoms with van der Waals surface area (Å²) >= 11 is 0. The smallest absolute Gasteiger partial charge is 0.191 e. The summed E-state index contributed by atoms with van der Waals surface area (Å²) in [6.45, 7) is 6.16. The Hall–Kier alpha value is -1.05. The molecule has 6 heteroatoms. The molecule has 0 amide bonds. The number of rotatable bonds is 7. The third-order valence-electron chi connectivity index (χ3n) is 3.66. The topological polar surface area (TPSA) is 52.6 Å². The van der Waals surface area contributed by atoms with Crippen LogP contribution < -0.4 is 15.5 Å². The monoisotopic (exact) mass is 419 g/mol. The number of pyridine rings is 1. The maximum Gasteiger partial charge on any atom is 0.191 e. The number of nitrogens with zero attached hydrogens (tertiary/aromatic N) is 3. The molecule has 22 heavy (non-hydrogen) atoms. The highest BCUT2D eigenvalue weighted by atomic mass is 127. The second kappa shape index (κ2) is 11.5.